The molecule has 2 rings (SSSR count). The van der Waals surface area contributed by atoms with E-state index in [-0.39, 0.29) is 17.9 Å². The van der Waals surface area contributed by atoms with Gasteiger partial charge in [-0.05, 0) is 49.9 Å². The summed E-state index contributed by atoms with van der Waals surface area (Å²) in [7, 11) is 1.63. The lowest BCUT2D eigenvalue weighted by molar-refractivity contribution is -0.123. The van der Waals surface area contributed by atoms with Gasteiger partial charge in [-0.3, -0.25) is 4.79 Å². The first kappa shape index (κ1) is 14.9. The zero-order chi connectivity index (χ0) is 14.5. The van der Waals surface area contributed by atoms with Crippen molar-refractivity contribution in [2.24, 2.45) is 11.7 Å². The van der Waals surface area contributed by atoms with Crippen molar-refractivity contribution in [1.82, 2.24) is 5.32 Å². The average Bonchev–Trinajstić information content (AvgIpc) is 2.93. The molecule has 1 saturated carbocycles. The molecule has 1 aromatic carbocycles. The third kappa shape index (κ3) is 3.31. The molecule has 3 atom stereocenters. The molecule has 3 N–H and O–H groups in total. The van der Waals surface area contributed by atoms with Crippen LogP contribution >= 0.6 is 0 Å². The van der Waals surface area contributed by atoms with E-state index in [1.165, 1.54) is 0 Å². The Balaban J connectivity index is 2.01. The highest BCUT2D eigenvalue weighted by molar-refractivity contribution is 5.83. The van der Waals surface area contributed by atoms with Crippen LogP contribution in [-0.2, 0) is 4.79 Å². The number of carbonyl (C=O) groups is 1. The number of amides is 1. The summed E-state index contributed by atoms with van der Waals surface area (Å²) in [6, 6.07) is 7.91. The molecule has 20 heavy (non-hydrogen) atoms. The lowest BCUT2D eigenvalue weighted by Crippen LogP contribution is -2.41. The highest BCUT2D eigenvalue weighted by Gasteiger charge is 2.28. The van der Waals surface area contributed by atoms with Crippen LogP contribution in [0.15, 0.2) is 24.3 Å². The molecule has 0 bridgehead atoms. The lowest BCUT2D eigenvalue weighted by atomic mass is 9.98. The highest BCUT2D eigenvalue weighted by atomic mass is 16.5. The van der Waals surface area contributed by atoms with Crippen molar-refractivity contribution in [2.75, 3.05) is 13.7 Å². The maximum absolute atomic E-state index is 12.4. The SMILES string of the molecule is COc1cccc(C(C)C(=O)NC2CCCC2CN)c1. The van der Waals surface area contributed by atoms with Gasteiger partial charge >= 0.3 is 0 Å². The monoisotopic (exact) mass is 276 g/mol. The maximum Gasteiger partial charge on any atom is 0.227 e. The van der Waals surface area contributed by atoms with E-state index >= 15 is 0 Å². The number of nitrogens with one attached hydrogen (secondary N) is 1. The zero-order valence-corrected chi connectivity index (χ0v) is 12.3. The molecular weight excluding hydrogens is 252 g/mol. The van der Waals surface area contributed by atoms with Crippen LogP contribution in [0.25, 0.3) is 0 Å². The van der Waals surface area contributed by atoms with Gasteiger partial charge in [-0.25, -0.2) is 0 Å². The molecule has 0 spiro atoms. The van der Waals surface area contributed by atoms with Gasteiger partial charge in [0.25, 0.3) is 0 Å². The molecule has 1 aliphatic rings. The Morgan fingerprint density at radius 1 is 1.50 bits per heavy atom. The number of nitrogens with two attached hydrogens (primary N) is 1. The van der Waals surface area contributed by atoms with Crippen molar-refractivity contribution in [3.05, 3.63) is 29.8 Å². The number of hydrogen-bond donors (Lipinski definition) is 2. The molecule has 1 aliphatic carbocycles. The van der Waals surface area contributed by atoms with Crippen LogP contribution in [0.4, 0.5) is 0 Å². The summed E-state index contributed by atoms with van der Waals surface area (Å²) in [5, 5.41) is 3.16. The largest absolute Gasteiger partial charge is 0.497 e. The van der Waals surface area contributed by atoms with E-state index in [1.54, 1.807) is 7.11 Å². The number of rotatable bonds is 5. The predicted molar refractivity (Wildman–Crippen MR) is 79.7 cm³/mol. The zero-order valence-electron chi connectivity index (χ0n) is 12.3. The van der Waals surface area contributed by atoms with Crippen molar-refractivity contribution < 1.29 is 9.53 Å². The lowest BCUT2D eigenvalue weighted by Gasteiger charge is -2.22. The predicted octanol–water partition coefficient (Wildman–Crippen LogP) is 2.04. The third-order valence-corrected chi connectivity index (χ3v) is 4.28. The second-order valence-corrected chi connectivity index (χ2v) is 5.54. The first-order valence-electron chi connectivity index (χ1n) is 7.30. The molecule has 1 fully saturated rings. The minimum absolute atomic E-state index is 0.0728. The summed E-state index contributed by atoms with van der Waals surface area (Å²) in [5.74, 6) is 1.10. The van der Waals surface area contributed by atoms with Crippen LogP contribution < -0.4 is 15.8 Å². The quantitative estimate of drug-likeness (QED) is 0.865. The molecule has 110 valence electrons. The number of carbonyl (C=O) groups excluding carboxylic acids is 1. The summed E-state index contributed by atoms with van der Waals surface area (Å²) >= 11 is 0. The van der Waals surface area contributed by atoms with Gasteiger partial charge < -0.3 is 15.8 Å². The van der Waals surface area contributed by atoms with Gasteiger partial charge in [-0.1, -0.05) is 18.6 Å². The van der Waals surface area contributed by atoms with Crippen LogP contribution in [0.3, 0.4) is 0 Å². The highest BCUT2D eigenvalue weighted by Crippen LogP contribution is 2.26. The van der Waals surface area contributed by atoms with Gasteiger partial charge in [0.15, 0.2) is 0 Å². The normalized spacial score (nSPS) is 23.4. The Hall–Kier alpha value is -1.55. The van der Waals surface area contributed by atoms with Crippen molar-refractivity contribution >= 4 is 5.91 Å². The Morgan fingerprint density at radius 3 is 3.00 bits per heavy atom. The molecule has 1 aromatic rings. The van der Waals surface area contributed by atoms with Crippen LogP contribution in [-0.4, -0.2) is 25.6 Å². The summed E-state index contributed by atoms with van der Waals surface area (Å²) in [6.07, 6.45) is 3.31. The van der Waals surface area contributed by atoms with Crippen LogP contribution in [0, 0.1) is 5.92 Å². The van der Waals surface area contributed by atoms with E-state index in [0.717, 1.165) is 30.6 Å². The smallest absolute Gasteiger partial charge is 0.227 e. The molecule has 0 aromatic heterocycles. The van der Waals surface area contributed by atoms with E-state index in [1.807, 2.05) is 31.2 Å². The molecule has 0 heterocycles. The van der Waals surface area contributed by atoms with Crippen LogP contribution in [0.1, 0.15) is 37.7 Å². The Morgan fingerprint density at radius 2 is 2.30 bits per heavy atom. The minimum atomic E-state index is -0.177. The Kier molecular flexibility index (Phi) is 5.01. The van der Waals surface area contributed by atoms with Crippen molar-refractivity contribution in [3.8, 4) is 5.75 Å². The van der Waals surface area contributed by atoms with Gasteiger partial charge in [-0.15, -0.1) is 0 Å². The van der Waals surface area contributed by atoms with Gasteiger partial charge in [-0.2, -0.15) is 0 Å². The standard InChI is InChI=1S/C16H24N2O2/c1-11(12-5-3-7-14(9-12)20-2)16(19)18-15-8-4-6-13(15)10-17/h3,5,7,9,11,13,15H,4,6,8,10,17H2,1-2H3,(H,18,19). The average molecular weight is 276 g/mol. The molecule has 0 radical (unpaired) electrons. The summed E-state index contributed by atoms with van der Waals surface area (Å²) < 4.78 is 5.20. The van der Waals surface area contributed by atoms with Gasteiger partial charge in [0.2, 0.25) is 5.91 Å². The third-order valence-electron chi connectivity index (χ3n) is 4.28. The van der Waals surface area contributed by atoms with E-state index in [9.17, 15) is 4.79 Å². The number of hydrogen-bond acceptors (Lipinski definition) is 3. The second kappa shape index (κ2) is 6.75. The topological polar surface area (TPSA) is 64.3 Å². The molecule has 4 heteroatoms. The first-order chi connectivity index (χ1) is 9.65. The van der Waals surface area contributed by atoms with Crippen molar-refractivity contribution in [1.29, 1.82) is 0 Å². The van der Waals surface area contributed by atoms with Crippen molar-refractivity contribution in [2.45, 2.75) is 38.1 Å². The molecule has 3 unspecified atom stereocenters. The van der Waals surface area contributed by atoms with Gasteiger partial charge in [0.05, 0.1) is 13.0 Å². The van der Waals surface area contributed by atoms with Gasteiger partial charge in [0.1, 0.15) is 5.75 Å². The summed E-state index contributed by atoms with van der Waals surface area (Å²) in [5.41, 5.74) is 6.73. The maximum atomic E-state index is 12.4. The fourth-order valence-corrected chi connectivity index (χ4v) is 2.88. The summed E-state index contributed by atoms with van der Waals surface area (Å²) in [4.78, 5) is 12.4. The van der Waals surface area contributed by atoms with E-state index in [2.05, 4.69) is 5.32 Å². The minimum Gasteiger partial charge on any atom is -0.497 e. The number of benzene rings is 1. The number of methoxy groups -OCH3 is 1. The number of ether oxygens (including phenoxy) is 1. The molecule has 1 amide bonds. The Bertz CT molecular complexity index is 462. The molecular formula is C16H24N2O2. The van der Waals surface area contributed by atoms with Crippen LogP contribution in [0.2, 0.25) is 0 Å². The molecule has 4 nitrogen and oxygen atoms in total. The fourth-order valence-electron chi connectivity index (χ4n) is 2.88. The van der Waals surface area contributed by atoms with E-state index in [0.29, 0.717) is 12.5 Å². The molecule has 0 saturated heterocycles. The second-order valence-electron chi connectivity index (χ2n) is 5.54. The molecule has 0 aliphatic heterocycles. The fraction of sp³-hybridized carbons (Fsp3) is 0.562. The van der Waals surface area contributed by atoms with Gasteiger partial charge in [0, 0.05) is 6.04 Å². The van der Waals surface area contributed by atoms with E-state index < -0.39 is 0 Å². The first-order valence-corrected chi connectivity index (χ1v) is 7.30. The Labute approximate surface area is 120 Å². The van der Waals surface area contributed by atoms with E-state index in [4.69, 9.17) is 10.5 Å². The van der Waals surface area contributed by atoms with Crippen molar-refractivity contribution in [3.63, 3.8) is 0 Å². The summed E-state index contributed by atoms with van der Waals surface area (Å²) in [6.45, 7) is 2.58. The van der Waals surface area contributed by atoms with Crippen LogP contribution in [0.5, 0.6) is 5.75 Å².